The van der Waals surface area contributed by atoms with E-state index in [1.807, 2.05) is 6.92 Å². The zero-order valence-electron chi connectivity index (χ0n) is 16.1. The van der Waals surface area contributed by atoms with Gasteiger partial charge in [-0.2, -0.15) is 0 Å². The van der Waals surface area contributed by atoms with Gasteiger partial charge in [0.25, 0.3) is 0 Å². The zero-order chi connectivity index (χ0) is 20.6. The molecule has 0 bridgehead atoms. The Bertz CT molecular complexity index is 885. The van der Waals surface area contributed by atoms with Crippen molar-refractivity contribution in [2.24, 2.45) is 4.99 Å². The minimum Gasteiger partial charge on any atom is -0.383 e. The Morgan fingerprint density at radius 1 is 1.36 bits per heavy atom. The number of aliphatic imine (C=N–C) groups is 1. The van der Waals surface area contributed by atoms with E-state index in [2.05, 4.69) is 20.3 Å². The molecule has 28 heavy (non-hydrogen) atoms. The summed E-state index contributed by atoms with van der Waals surface area (Å²) in [7, 11) is -5.09. The van der Waals surface area contributed by atoms with Crippen LogP contribution in [-0.2, 0) is 31.1 Å². The number of hydrogen-bond acceptors (Lipinski definition) is 6. The van der Waals surface area contributed by atoms with E-state index in [9.17, 15) is 16.8 Å². The van der Waals surface area contributed by atoms with Crippen LogP contribution < -0.4 is 15.4 Å². The first kappa shape index (κ1) is 22.6. The number of ether oxygens (including phenoxy) is 1. The summed E-state index contributed by atoms with van der Waals surface area (Å²) in [6, 6.07) is 6.39. The van der Waals surface area contributed by atoms with E-state index in [1.54, 1.807) is 18.2 Å². The molecule has 1 aliphatic heterocycles. The van der Waals surface area contributed by atoms with Gasteiger partial charge in [0.15, 0.2) is 15.8 Å². The lowest BCUT2D eigenvalue weighted by Gasteiger charge is -2.16. The molecule has 1 saturated heterocycles. The minimum atomic E-state index is -3.61. The van der Waals surface area contributed by atoms with Crippen LogP contribution in [0.25, 0.3) is 0 Å². The number of nitrogens with one attached hydrogen (secondary N) is 3. The monoisotopic (exact) mass is 432 g/mol. The normalized spacial score (nSPS) is 19.5. The first-order valence-electron chi connectivity index (χ1n) is 9.08. The second-order valence-corrected chi connectivity index (χ2v) is 10.5. The van der Waals surface area contributed by atoms with Gasteiger partial charge in [-0.25, -0.2) is 26.6 Å². The van der Waals surface area contributed by atoms with Crippen LogP contribution in [0.3, 0.4) is 0 Å². The number of hydrogen-bond donors (Lipinski definition) is 3. The summed E-state index contributed by atoms with van der Waals surface area (Å²) in [5.74, 6) is 0.786. The number of sulfone groups is 1. The molecule has 1 atom stereocenters. The molecule has 11 heteroatoms. The third kappa shape index (κ3) is 7.04. The second-order valence-electron chi connectivity index (χ2n) is 6.48. The predicted octanol–water partition coefficient (Wildman–Crippen LogP) is -0.146. The largest absolute Gasteiger partial charge is 0.383 e. The second kappa shape index (κ2) is 10.2. The van der Waals surface area contributed by atoms with Crippen molar-refractivity contribution >= 4 is 25.8 Å². The van der Waals surface area contributed by atoms with Crippen LogP contribution in [0.4, 0.5) is 0 Å². The average Bonchev–Trinajstić information content (AvgIpc) is 2.99. The van der Waals surface area contributed by atoms with Crippen molar-refractivity contribution in [2.45, 2.75) is 30.8 Å². The summed E-state index contributed by atoms with van der Waals surface area (Å²) in [6.07, 6.45) is 0.549. The average molecular weight is 433 g/mol. The molecule has 158 valence electrons. The summed E-state index contributed by atoms with van der Waals surface area (Å²) in [4.78, 5) is 4.62. The van der Waals surface area contributed by atoms with Crippen molar-refractivity contribution in [1.82, 2.24) is 15.4 Å². The van der Waals surface area contributed by atoms with Crippen LogP contribution in [0.15, 0.2) is 34.2 Å². The number of rotatable bonds is 9. The summed E-state index contributed by atoms with van der Waals surface area (Å²) in [5.41, 5.74) is 0.728. The molecule has 0 amide bonds. The fraction of sp³-hybridized carbons (Fsp3) is 0.588. The van der Waals surface area contributed by atoms with E-state index in [0.717, 1.165) is 5.56 Å². The molecule has 1 aromatic carbocycles. The molecule has 1 fully saturated rings. The standard InChI is InChI=1S/C17H28N4O5S2/c1-3-18-17(21-15-7-10-27(22,23)13-15)19-12-14-5-4-6-16(11-14)28(24,25)20-8-9-26-2/h4-6,11,15,20H,3,7-10,12-13H2,1-2H3,(H2,18,19,21). The van der Waals surface area contributed by atoms with Crippen molar-refractivity contribution in [3.63, 3.8) is 0 Å². The van der Waals surface area contributed by atoms with Gasteiger partial charge in [-0.15, -0.1) is 0 Å². The first-order chi connectivity index (χ1) is 13.3. The van der Waals surface area contributed by atoms with E-state index in [-0.39, 0.29) is 42.1 Å². The molecule has 1 aliphatic rings. The van der Waals surface area contributed by atoms with Crippen molar-refractivity contribution in [2.75, 3.05) is 38.3 Å². The van der Waals surface area contributed by atoms with Crippen molar-refractivity contribution in [3.8, 4) is 0 Å². The van der Waals surface area contributed by atoms with Crippen LogP contribution in [0.2, 0.25) is 0 Å². The fourth-order valence-electron chi connectivity index (χ4n) is 2.76. The van der Waals surface area contributed by atoms with Crippen LogP contribution in [0.5, 0.6) is 0 Å². The lowest BCUT2D eigenvalue weighted by molar-refractivity contribution is 0.204. The summed E-state index contributed by atoms with van der Waals surface area (Å²) in [6.45, 7) is 3.29. The smallest absolute Gasteiger partial charge is 0.240 e. The summed E-state index contributed by atoms with van der Waals surface area (Å²) >= 11 is 0. The third-order valence-electron chi connectivity index (χ3n) is 4.14. The van der Waals surface area contributed by atoms with Crippen molar-refractivity contribution < 1.29 is 21.6 Å². The minimum absolute atomic E-state index is 0.0955. The molecule has 1 heterocycles. The van der Waals surface area contributed by atoms with E-state index < -0.39 is 19.9 Å². The molecule has 0 radical (unpaired) electrons. The maximum atomic E-state index is 12.3. The Balaban J connectivity index is 2.06. The van der Waals surface area contributed by atoms with Gasteiger partial charge >= 0.3 is 0 Å². The van der Waals surface area contributed by atoms with E-state index in [4.69, 9.17) is 4.74 Å². The summed E-state index contributed by atoms with van der Waals surface area (Å²) < 4.78 is 55.2. The quantitative estimate of drug-likeness (QED) is 0.281. The highest BCUT2D eigenvalue weighted by molar-refractivity contribution is 7.91. The molecule has 1 unspecified atom stereocenters. The van der Waals surface area contributed by atoms with Crippen molar-refractivity contribution in [1.29, 1.82) is 0 Å². The van der Waals surface area contributed by atoms with Crippen LogP contribution in [0.1, 0.15) is 18.9 Å². The first-order valence-corrected chi connectivity index (χ1v) is 12.4. The number of methoxy groups -OCH3 is 1. The molecule has 3 N–H and O–H groups in total. The predicted molar refractivity (Wildman–Crippen MR) is 109 cm³/mol. The molecular weight excluding hydrogens is 404 g/mol. The molecular formula is C17H28N4O5S2. The molecule has 1 aromatic rings. The third-order valence-corrected chi connectivity index (χ3v) is 7.37. The Kier molecular flexibility index (Phi) is 8.23. The van der Waals surface area contributed by atoms with Gasteiger partial charge in [0, 0.05) is 26.2 Å². The molecule has 0 spiro atoms. The lowest BCUT2D eigenvalue weighted by Crippen LogP contribution is -2.44. The van der Waals surface area contributed by atoms with Gasteiger partial charge in [0.05, 0.1) is 29.6 Å². The fourth-order valence-corrected chi connectivity index (χ4v) is 5.52. The molecule has 2 rings (SSSR count). The van der Waals surface area contributed by atoms with Gasteiger partial charge in [-0.05, 0) is 31.0 Å². The highest BCUT2D eigenvalue weighted by Crippen LogP contribution is 2.13. The molecule has 9 nitrogen and oxygen atoms in total. The highest BCUT2D eigenvalue weighted by atomic mass is 32.2. The molecule has 0 aromatic heterocycles. The number of guanidine groups is 1. The van der Waals surface area contributed by atoms with Gasteiger partial charge < -0.3 is 15.4 Å². The maximum absolute atomic E-state index is 12.3. The Morgan fingerprint density at radius 2 is 2.14 bits per heavy atom. The van der Waals surface area contributed by atoms with E-state index in [1.165, 1.54) is 13.2 Å². The van der Waals surface area contributed by atoms with Gasteiger partial charge in [-0.1, -0.05) is 12.1 Å². The number of nitrogens with zero attached hydrogens (tertiary/aromatic N) is 1. The van der Waals surface area contributed by atoms with Gasteiger partial charge in [0.2, 0.25) is 10.0 Å². The Hall–Kier alpha value is -1.69. The van der Waals surface area contributed by atoms with Crippen LogP contribution in [0, 0.1) is 0 Å². The zero-order valence-corrected chi connectivity index (χ0v) is 17.8. The van der Waals surface area contributed by atoms with Crippen LogP contribution >= 0.6 is 0 Å². The molecule has 0 saturated carbocycles. The SMILES string of the molecule is CCNC(=NCc1cccc(S(=O)(=O)NCCOC)c1)NC1CCS(=O)(=O)C1. The molecule has 0 aliphatic carbocycles. The number of benzene rings is 1. The topological polar surface area (TPSA) is 126 Å². The van der Waals surface area contributed by atoms with E-state index in [0.29, 0.717) is 18.9 Å². The summed E-state index contributed by atoms with van der Waals surface area (Å²) in [5, 5.41) is 6.22. The Labute approximate surface area is 166 Å². The van der Waals surface area contributed by atoms with Gasteiger partial charge in [0.1, 0.15) is 0 Å². The Morgan fingerprint density at radius 3 is 2.79 bits per heavy atom. The highest BCUT2D eigenvalue weighted by Gasteiger charge is 2.28. The number of sulfonamides is 1. The van der Waals surface area contributed by atoms with Crippen molar-refractivity contribution in [3.05, 3.63) is 29.8 Å². The maximum Gasteiger partial charge on any atom is 0.240 e. The lowest BCUT2D eigenvalue weighted by atomic mass is 10.2. The van der Waals surface area contributed by atoms with Crippen LogP contribution in [-0.4, -0.2) is 67.1 Å². The van der Waals surface area contributed by atoms with Gasteiger partial charge in [-0.3, -0.25) is 0 Å². The van der Waals surface area contributed by atoms with E-state index >= 15 is 0 Å².